The Kier molecular flexibility index (Phi) is 9.74. The fourth-order valence-corrected chi connectivity index (χ4v) is 3.49. The Bertz CT molecular complexity index is 946. The summed E-state index contributed by atoms with van der Waals surface area (Å²) in [6.45, 7) is 8.60. The van der Waals surface area contributed by atoms with Crippen LogP contribution in [0.4, 0.5) is 0 Å². The van der Waals surface area contributed by atoms with E-state index in [0.29, 0.717) is 18.7 Å². The number of carboxylic acids is 1. The second-order valence-corrected chi connectivity index (χ2v) is 8.13. The van der Waals surface area contributed by atoms with Gasteiger partial charge in [0, 0.05) is 31.1 Å². The molecule has 5 heteroatoms. The van der Waals surface area contributed by atoms with Gasteiger partial charge < -0.3 is 14.7 Å². The largest absolute Gasteiger partial charge is 0.493 e. The Balaban J connectivity index is 1.96. The maximum Gasteiger partial charge on any atom is 0.303 e. The van der Waals surface area contributed by atoms with Gasteiger partial charge in [0.1, 0.15) is 5.75 Å². The normalized spacial score (nSPS) is 12.2. The maximum atomic E-state index is 12.9. The van der Waals surface area contributed by atoms with Crippen LogP contribution in [0.25, 0.3) is 5.57 Å². The van der Waals surface area contributed by atoms with Crippen LogP contribution in [0.2, 0.25) is 0 Å². The summed E-state index contributed by atoms with van der Waals surface area (Å²) in [5, 5.41) is 8.86. The molecular formula is C27H33NO4. The highest BCUT2D eigenvalue weighted by Gasteiger charge is 2.15. The summed E-state index contributed by atoms with van der Waals surface area (Å²) in [6.07, 6.45) is 5.44. The number of rotatable bonds is 12. The molecule has 1 unspecified atom stereocenters. The lowest BCUT2D eigenvalue weighted by Gasteiger charge is -2.20. The van der Waals surface area contributed by atoms with Crippen molar-refractivity contribution in [3.8, 4) is 5.75 Å². The average molecular weight is 436 g/mol. The van der Waals surface area contributed by atoms with Crippen LogP contribution in [0, 0.1) is 5.92 Å². The lowest BCUT2D eigenvalue weighted by atomic mass is 10.0. The molecule has 0 aliphatic heterocycles. The first-order valence-corrected chi connectivity index (χ1v) is 10.9. The number of nitrogens with zero attached hydrogens (tertiary/aromatic N) is 1. The van der Waals surface area contributed by atoms with Crippen molar-refractivity contribution in [1.29, 1.82) is 0 Å². The third kappa shape index (κ3) is 7.73. The molecule has 0 spiro atoms. The van der Waals surface area contributed by atoms with Crippen LogP contribution in [-0.2, 0) is 11.3 Å². The number of hydrogen-bond acceptors (Lipinski definition) is 3. The molecule has 0 saturated carbocycles. The minimum absolute atomic E-state index is 0.0563. The first kappa shape index (κ1) is 24.9. The summed E-state index contributed by atoms with van der Waals surface area (Å²) in [5.74, 6) is 0.0461. The van der Waals surface area contributed by atoms with Crippen molar-refractivity contribution >= 4 is 17.4 Å². The molecule has 32 heavy (non-hydrogen) atoms. The third-order valence-electron chi connectivity index (χ3n) is 5.30. The molecule has 0 aliphatic carbocycles. The lowest BCUT2D eigenvalue weighted by Crippen LogP contribution is -2.26. The van der Waals surface area contributed by atoms with Gasteiger partial charge in [-0.3, -0.25) is 9.59 Å². The topological polar surface area (TPSA) is 66.8 Å². The van der Waals surface area contributed by atoms with Gasteiger partial charge in [-0.05, 0) is 55.0 Å². The van der Waals surface area contributed by atoms with Crippen molar-refractivity contribution in [2.45, 2.75) is 39.7 Å². The van der Waals surface area contributed by atoms with Crippen LogP contribution in [0.1, 0.15) is 54.6 Å². The van der Waals surface area contributed by atoms with Crippen molar-refractivity contribution < 1.29 is 19.4 Å². The van der Waals surface area contributed by atoms with Crippen molar-refractivity contribution in [3.63, 3.8) is 0 Å². The van der Waals surface area contributed by atoms with Crippen molar-refractivity contribution in [2.24, 2.45) is 5.92 Å². The number of ether oxygens (including phenoxy) is 1. The number of amides is 1. The van der Waals surface area contributed by atoms with E-state index in [2.05, 4.69) is 6.58 Å². The van der Waals surface area contributed by atoms with E-state index in [-0.39, 0.29) is 18.2 Å². The Morgan fingerprint density at radius 2 is 1.78 bits per heavy atom. The van der Waals surface area contributed by atoms with E-state index in [1.54, 1.807) is 18.0 Å². The third-order valence-corrected chi connectivity index (χ3v) is 5.30. The van der Waals surface area contributed by atoms with Gasteiger partial charge >= 0.3 is 5.97 Å². The highest BCUT2D eigenvalue weighted by molar-refractivity contribution is 5.94. The Hall–Kier alpha value is -3.34. The van der Waals surface area contributed by atoms with Gasteiger partial charge in [-0.15, -0.1) is 0 Å². The smallest absolute Gasteiger partial charge is 0.303 e. The number of hydrogen-bond donors (Lipinski definition) is 1. The fourth-order valence-electron chi connectivity index (χ4n) is 3.49. The van der Waals surface area contributed by atoms with Crippen LogP contribution < -0.4 is 4.74 Å². The molecule has 0 heterocycles. The highest BCUT2D eigenvalue weighted by Crippen LogP contribution is 2.22. The molecule has 1 amide bonds. The first-order valence-electron chi connectivity index (χ1n) is 10.9. The molecule has 0 saturated heterocycles. The van der Waals surface area contributed by atoms with Crippen molar-refractivity contribution in [1.82, 2.24) is 4.90 Å². The number of carbonyl (C=O) groups excluding carboxylic acids is 1. The van der Waals surface area contributed by atoms with E-state index in [4.69, 9.17) is 9.84 Å². The zero-order valence-corrected chi connectivity index (χ0v) is 19.2. The standard InChI is InChI=1S/C27H33NO4/c1-5-9-21(3)22-13-15-23(16-14-22)27(31)28(4)19-24-11-6-7-12-25(24)32-17-8-10-20(2)18-26(29)30/h5-7,9,11-16,20H,1,8,10,17-19H2,2-4H3,(H,29,30)/b21-9+. The van der Waals surface area contributed by atoms with Crippen LogP contribution in [0.5, 0.6) is 5.75 Å². The molecule has 2 aromatic rings. The SMILES string of the molecule is C=C/C=C(\C)c1ccc(C(=O)N(C)Cc2ccccc2OCCCC(C)CC(=O)O)cc1. The summed E-state index contributed by atoms with van der Waals surface area (Å²) < 4.78 is 5.94. The Labute approximate surface area is 191 Å². The summed E-state index contributed by atoms with van der Waals surface area (Å²) >= 11 is 0. The van der Waals surface area contributed by atoms with Crippen LogP contribution in [0.15, 0.2) is 67.3 Å². The predicted octanol–water partition coefficient (Wildman–Crippen LogP) is 5.82. The summed E-state index contributed by atoms with van der Waals surface area (Å²) in [4.78, 5) is 25.3. The molecule has 0 aromatic heterocycles. The molecule has 0 aliphatic rings. The molecular weight excluding hydrogens is 402 g/mol. The monoisotopic (exact) mass is 435 g/mol. The van der Waals surface area contributed by atoms with Gasteiger partial charge in [-0.25, -0.2) is 0 Å². The molecule has 170 valence electrons. The van der Waals surface area contributed by atoms with Gasteiger partial charge in [-0.2, -0.15) is 0 Å². The van der Waals surface area contributed by atoms with Crippen molar-refractivity contribution in [2.75, 3.05) is 13.7 Å². The number of carboxylic acid groups (broad SMARTS) is 1. The summed E-state index contributed by atoms with van der Waals surface area (Å²) in [7, 11) is 1.78. The van der Waals surface area contributed by atoms with E-state index in [0.717, 1.165) is 35.3 Å². The maximum absolute atomic E-state index is 12.9. The molecule has 0 bridgehead atoms. The zero-order valence-electron chi connectivity index (χ0n) is 19.2. The second-order valence-electron chi connectivity index (χ2n) is 8.13. The minimum atomic E-state index is -0.769. The number of allylic oxidation sites excluding steroid dienone is 3. The molecule has 0 fully saturated rings. The minimum Gasteiger partial charge on any atom is -0.493 e. The van der Waals surface area contributed by atoms with Gasteiger partial charge in [0.15, 0.2) is 0 Å². The zero-order chi connectivity index (χ0) is 23.5. The van der Waals surface area contributed by atoms with E-state index < -0.39 is 5.97 Å². The summed E-state index contributed by atoms with van der Waals surface area (Å²) in [5.41, 5.74) is 3.72. The molecule has 1 atom stereocenters. The lowest BCUT2D eigenvalue weighted by molar-refractivity contribution is -0.138. The van der Waals surface area contributed by atoms with E-state index in [9.17, 15) is 9.59 Å². The van der Waals surface area contributed by atoms with Gasteiger partial charge in [0.2, 0.25) is 0 Å². The molecule has 2 rings (SSSR count). The first-order chi connectivity index (χ1) is 15.3. The average Bonchev–Trinajstić information content (AvgIpc) is 2.77. The van der Waals surface area contributed by atoms with Gasteiger partial charge in [-0.1, -0.05) is 56.0 Å². The number of aliphatic carboxylic acids is 1. The predicted molar refractivity (Wildman–Crippen MR) is 129 cm³/mol. The van der Waals surface area contributed by atoms with E-state index in [1.165, 1.54) is 0 Å². The van der Waals surface area contributed by atoms with Crippen LogP contribution in [0.3, 0.4) is 0 Å². The quantitative estimate of drug-likeness (QED) is 0.337. The van der Waals surface area contributed by atoms with Gasteiger partial charge in [0.25, 0.3) is 5.91 Å². The molecule has 1 N–H and O–H groups in total. The van der Waals surface area contributed by atoms with Crippen LogP contribution in [-0.4, -0.2) is 35.5 Å². The molecule has 5 nitrogen and oxygen atoms in total. The Morgan fingerprint density at radius 1 is 1.12 bits per heavy atom. The van der Waals surface area contributed by atoms with Crippen LogP contribution >= 0.6 is 0 Å². The fraction of sp³-hybridized carbons (Fsp3) is 0.333. The Morgan fingerprint density at radius 3 is 2.44 bits per heavy atom. The van der Waals surface area contributed by atoms with Gasteiger partial charge in [0.05, 0.1) is 6.61 Å². The molecule has 0 radical (unpaired) electrons. The van der Waals surface area contributed by atoms with Crippen molar-refractivity contribution in [3.05, 3.63) is 84.0 Å². The number of carbonyl (C=O) groups is 2. The highest BCUT2D eigenvalue weighted by atomic mass is 16.5. The number of benzene rings is 2. The van der Waals surface area contributed by atoms with E-state index in [1.807, 2.05) is 68.5 Å². The molecule has 2 aromatic carbocycles. The number of para-hydroxylation sites is 1. The van der Waals surface area contributed by atoms with E-state index >= 15 is 0 Å². The summed E-state index contributed by atoms with van der Waals surface area (Å²) in [6, 6.07) is 15.3. The second kappa shape index (κ2) is 12.5.